The highest BCUT2D eigenvalue weighted by Gasteiger charge is 2.35. The third-order valence-corrected chi connectivity index (χ3v) is 2.70. The fraction of sp³-hybridized carbons (Fsp3) is 0.875. The van der Waals surface area contributed by atoms with Crippen molar-refractivity contribution in [3.05, 3.63) is 0 Å². The molecule has 0 saturated carbocycles. The molecule has 0 unspecified atom stereocenters. The summed E-state index contributed by atoms with van der Waals surface area (Å²) in [4.78, 5) is 10.9. The standard InChI is InChI=1S/C8H14N2O2/c11-7-5-10-8(6-9-7)1-3-12-4-2-8/h10H,1-6H2,(H,9,11). The zero-order valence-corrected chi connectivity index (χ0v) is 7.06. The fourth-order valence-corrected chi connectivity index (χ4v) is 1.78. The maximum atomic E-state index is 10.9. The van der Waals surface area contributed by atoms with Crippen molar-refractivity contribution in [2.75, 3.05) is 26.3 Å². The van der Waals surface area contributed by atoms with Gasteiger partial charge in [0.1, 0.15) is 0 Å². The van der Waals surface area contributed by atoms with E-state index >= 15 is 0 Å². The van der Waals surface area contributed by atoms with Gasteiger partial charge in [0.25, 0.3) is 0 Å². The van der Waals surface area contributed by atoms with E-state index in [1.165, 1.54) is 0 Å². The molecule has 12 heavy (non-hydrogen) atoms. The van der Waals surface area contributed by atoms with Crippen LogP contribution in [0.3, 0.4) is 0 Å². The molecule has 0 aromatic rings. The van der Waals surface area contributed by atoms with E-state index in [1.807, 2.05) is 0 Å². The van der Waals surface area contributed by atoms with E-state index in [-0.39, 0.29) is 11.4 Å². The Labute approximate surface area is 71.7 Å². The average molecular weight is 170 g/mol. The van der Waals surface area contributed by atoms with Gasteiger partial charge in [-0.05, 0) is 12.8 Å². The van der Waals surface area contributed by atoms with Crippen molar-refractivity contribution in [3.8, 4) is 0 Å². The minimum atomic E-state index is 0.104. The van der Waals surface area contributed by atoms with Gasteiger partial charge >= 0.3 is 0 Å². The molecule has 0 aromatic heterocycles. The molecule has 68 valence electrons. The Hall–Kier alpha value is -0.610. The first-order valence-corrected chi connectivity index (χ1v) is 4.40. The Balaban J connectivity index is 1.96. The Morgan fingerprint density at radius 2 is 2.08 bits per heavy atom. The first-order chi connectivity index (χ1) is 5.81. The highest BCUT2D eigenvalue weighted by Crippen LogP contribution is 2.20. The number of hydrogen-bond donors (Lipinski definition) is 2. The summed E-state index contributed by atoms with van der Waals surface area (Å²) in [5.41, 5.74) is 0.131. The summed E-state index contributed by atoms with van der Waals surface area (Å²) < 4.78 is 5.27. The molecule has 2 rings (SSSR count). The molecule has 1 amide bonds. The van der Waals surface area contributed by atoms with Gasteiger partial charge in [-0.3, -0.25) is 4.79 Å². The number of piperazine rings is 1. The molecule has 0 radical (unpaired) electrons. The predicted octanol–water partition coefficient (Wildman–Crippen LogP) is -0.745. The molecule has 1 spiro atoms. The summed E-state index contributed by atoms with van der Waals surface area (Å²) in [6.45, 7) is 2.83. The molecule has 2 aliphatic heterocycles. The minimum Gasteiger partial charge on any atom is -0.381 e. The molecule has 0 atom stereocenters. The van der Waals surface area contributed by atoms with E-state index in [4.69, 9.17) is 4.74 Å². The highest BCUT2D eigenvalue weighted by molar-refractivity contribution is 5.79. The zero-order chi connectivity index (χ0) is 8.44. The molecule has 2 aliphatic rings. The molecule has 2 fully saturated rings. The lowest BCUT2D eigenvalue weighted by atomic mass is 9.88. The summed E-state index contributed by atoms with van der Waals surface area (Å²) >= 11 is 0. The number of amides is 1. The molecule has 0 bridgehead atoms. The maximum Gasteiger partial charge on any atom is 0.234 e. The van der Waals surface area contributed by atoms with Crippen LogP contribution in [0.5, 0.6) is 0 Å². The van der Waals surface area contributed by atoms with Gasteiger partial charge in [0.2, 0.25) is 5.91 Å². The zero-order valence-electron chi connectivity index (χ0n) is 7.06. The largest absolute Gasteiger partial charge is 0.381 e. The highest BCUT2D eigenvalue weighted by atomic mass is 16.5. The second-order valence-corrected chi connectivity index (χ2v) is 3.52. The van der Waals surface area contributed by atoms with Gasteiger partial charge in [0, 0.05) is 25.3 Å². The fourth-order valence-electron chi connectivity index (χ4n) is 1.78. The summed E-state index contributed by atoms with van der Waals surface area (Å²) in [5, 5.41) is 6.18. The first-order valence-electron chi connectivity index (χ1n) is 4.40. The molecular weight excluding hydrogens is 156 g/mol. The van der Waals surface area contributed by atoms with Crippen LogP contribution in [-0.4, -0.2) is 37.7 Å². The second kappa shape index (κ2) is 3.03. The maximum absolute atomic E-state index is 10.9. The Morgan fingerprint density at radius 1 is 1.33 bits per heavy atom. The van der Waals surface area contributed by atoms with Gasteiger partial charge in [-0.25, -0.2) is 0 Å². The number of nitrogens with one attached hydrogen (secondary N) is 2. The normalized spacial score (nSPS) is 28.5. The quantitative estimate of drug-likeness (QED) is 0.503. The average Bonchev–Trinajstić information content (AvgIpc) is 2.13. The monoisotopic (exact) mass is 170 g/mol. The molecule has 2 saturated heterocycles. The van der Waals surface area contributed by atoms with E-state index in [0.717, 1.165) is 32.6 Å². The molecule has 2 N–H and O–H groups in total. The predicted molar refractivity (Wildman–Crippen MR) is 43.8 cm³/mol. The van der Waals surface area contributed by atoms with Crippen molar-refractivity contribution in [3.63, 3.8) is 0 Å². The number of ether oxygens (including phenoxy) is 1. The lowest BCUT2D eigenvalue weighted by Crippen LogP contribution is -2.63. The summed E-state index contributed by atoms with van der Waals surface area (Å²) in [5.74, 6) is 0.104. The van der Waals surface area contributed by atoms with Crippen LogP contribution in [0.1, 0.15) is 12.8 Å². The minimum absolute atomic E-state index is 0.104. The van der Waals surface area contributed by atoms with Crippen LogP contribution in [0.15, 0.2) is 0 Å². The van der Waals surface area contributed by atoms with Crippen LogP contribution in [0, 0.1) is 0 Å². The molecule has 4 heteroatoms. The van der Waals surface area contributed by atoms with Crippen LogP contribution in [-0.2, 0) is 9.53 Å². The van der Waals surface area contributed by atoms with Crippen LogP contribution >= 0.6 is 0 Å². The van der Waals surface area contributed by atoms with Crippen LogP contribution in [0.25, 0.3) is 0 Å². The Bertz CT molecular complexity index is 175. The van der Waals surface area contributed by atoms with Gasteiger partial charge in [-0.2, -0.15) is 0 Å². The summed E-state index contributed by atoms with van der Waals surface area (Å²) in [6.07, 6.45) is 2.01. The van der Waals surface area contributed by atoms with Gasteiger partial charge in [0.15, 0.2) is 0 Å². The molecule has 4 nitrogen and oxygen atoms in total. The number of carbonyl (C=O) groups excluding carboxylic acids is 1. The lowest BCUT2D eigenvalue weighted by Gasteiger charge is -2.40. The Morgan fingerprint density at radius 3 is 2.67 bits per heavy atom. The third-order valence-electron chi connectivity index (χ3n) is 2.70. The molecule has 0 aromatic carbocycles. The molecular formula is C8H14N2O2. The number of hydrogen-bond acceptors (Lipinski definition) is 3. The van der Waals surface area contributed by atoms with Gasteiger partial charge in [-0.15, -0.1) is 0 Å². The van der Waals surface area contributed by atoms with E-state index in [1.54, 1.807) is 0 Å². The van der Waals surface area contributed by atoms with Crippen molar-refractivity contribution >= 4 is 5.91 Å². The molecule has 0 aliphatic carbocycles. The van der Waals surface area contributed by atoms with Crippen molar-refractivity contribution in [2.45, 2.75) is 18.4 Å². The van der Waals surface area contributed by atoms with Crippen molar-refractivity contribution in [1.29, 1.82) is 0 Å². The van der Waals surface area contributed by atoms with Crippen LogP contribution in [0.4, 0.5) is 0 Å². The number of carbonyl (C=O) groups is 1. The third kappa shape index (κ3) is 1.44. The van der Waals surface area contributed by atoms with E-state index in [0.29, 0.717) is 6.54 Å². The second-order valence-electron chi connectivity index (χ2n) is 3.52. The smallest absolute Gasteiger partial charge is 0.234 e. The van der Waals surface area contributed by atoms with E-state index < -0.39 is 0 Å². The van der Waals surface area contributed by atoms with Crippen molar-refractivity contribution in [1.82, 2.24) is 10.6 Å². The van der Waals surface area contributed by atoms with Gasteiger partial charge in [-0.1, -0.05) is 0 Å². The SMILES string of the molecule is O=C1CNC2(CCOCC2)CN1. The lowest BCUT2D eigenvalue weighted by molar-refractivity contribution is -0.123. The van der Waals surface area contributed by atoms with Crippen molar-refractivity contribution in [2.24, 2.45) is 0 Å². The molecule has 2 heterocycles. The van der Waals surface area contributed by atoms with E-state index in [2.05, 4.69) is 10.6 Å². The van der Waals surface area contributed by atoms with Crippen LogP contribution < -0.4 is 10.6 Å². The van der Waals surface area contributed by atoms with Gasteiger partial charge in [0.05, 0.1) is 6.54 Å². The first kappa shape index (κ1) is 8.01. The number of rotatable bonds is 0. The topological polar surface area (TPSA) is 50.4 Å². The van der Waals surface area contributed by atoms with E-state index in [9.17, 15) is 4.79 Å². The Kier molecular flexibility index (Phi) is 2.02. The van der Waals surface area contributed by atoms with Gasteiger partial charge < -0.3 is 15.4 Å². The summed E-state index contributed by atoms with van der Waals surface area (Å²) in [6, 6.07) is 0. The summed E-state index contributed by atoms with van der Waals surface area (Å²) in [7, 11) is 0. The van der Waals surface area contributed by atoms with Crippen LogP contribution in [0.2, 0.25) is 0 Å². The van der Waals surface area contributed by atoms with Crippen molar-refractivity contribution < 1.29 is 9.53 Å².